The van der Waals surface area contributed by atoms with Crippen molar-refractivity contribution in [1.29, 1.82) is 0 Å². The molecule has 108 valence electrons. The summed E-state index contributed by atoms with van der Waals surface area (Å²) in [5, 5.41) is 3.51. The van der Waals surface area contributed by atoms with Crippen molar-refractivity contribution in [2.75, 3.05) is 14.1 Å². The number of nitrogens with one attached hydrogen (secondary N) is 1. The van der Waals surface area contributed by atoms with Gasteiger partial charge in [-0.25, -0.2) is 0 Å². The topological polar surface area (TPSA) is 15.3 Å². The second-order valence-corrected chi connectivity index (χ2v) is 5.29. The van der Waals surface area contributed by atoms with Crippen LogP contribution in [0.15, 0.2) is 30.3 Å². The van der Waals surface area contributed by atoms with Crippen LogP contribution in [0, 0.1) is 0 Å². The van der Waals surface area contributed by atoms with Gasteiger partial charge in [0.15, 0.2) is 0 Å². The standard InChI is InChI=1S/C17H30N2/c1-6-15(7-2)19(5)16(8-3)17(18-4)14-12-10-9-11-13-14/h9-13,15-18H,6-8H2,1-5H3. The highest BCUT2D eigenvalue weighted by molar-refractivity contribution is 5.20. The second kappa shape index (κ2) is 8.34. The molecule has 0 aliphatic heterocycles. The Bertz CT molecular complexity index is 332. The molecule has 0 aliphatic carbocycles. The molecule has 0 bridgehead atoms. The molecule has 1 aromatic carbocycles. The zero-order valence-corrected chi connectivity index (χ0v) is 13.2. The van der Waals surface area contributed by atoms with E-state index in [0.29, 0.717) is 18.1 Å². The van der Waals surface area contributed by atoms with Crippen molar-refractivity contribution in [2.45, 2.75) is 58.2 Å². The Labute approximate surface area is 119 Å². The second-order valence-electron chi connectivity index (χ2n) is 5.29. The Balaban J connectivity index is 2.93. The van der Waals surface area contributed by atoms with Gasteiger partial charge in [-0.05, 0) is 38.9 Å². The fourth-order valence-corrected chi connectivity index (χ4v) is 3.14. The third-order valence-electron chi connectivity index (χ3n) is 4.31. The molecule has 2 nitrogen and oxygen atoms in total. The fourth-order valence-electron chi connectivity index (χ4n) is 3.14. The normalized spacial score (nSPS) is 14.9. The van der Waals surface area contributed by atoms with Gasteiger partial charge in [0, 0.05) is 18.1 Å². The minimum Gasteiger partial charge on any atom is -0.312 e. The van der Waals surface area contributed by atoms with Gasteiger partial charge in [0.2, 0.25) is 0 Å². The van der Waals surface area contributed by atoms with E-state index >= 15 is 0 Å². The van der Waals surface area contributed by atoms with E-state index in [1.54, 1.807) is 0 Å². The molecule has 2 unspecified atom stereocenters. The summed E-state index contributed by atoms with van der Waals surface area (Å²) in [4.78, 5) is 2.56. The first-order valence-electron chi connectivity index (χ1n) is 7.63. The van der Waals surface area contributed by atoms with Crippen molar-refractivity contribution >= 4 is 0 Å². The van der Waals surface area contributed by atoms with Crippen LogP contribution in [0.5, 0.6) is 0 Å². The lowest BCUT2D eigenvalue weighted by atomic mass is 9.94. The molecule has 1 N–H and O–H groups in total. The predicted octanol–water partition coefficient (Wildman–Crippen LogP) is 3.85. The molecule has 2 heteroatoms. The first-order chi connectivity index (χ1) is 9.19. The van der Waals surface area contributed by atoms with E-state index in [1.807, 2.05) is 0 Å². The molecule has 0 fully saturated rings. The maximum atomic E-state index is 3.51. The van der Waals surface area contributed by atoms with Crippen LogP contribution in [0.1, 0.15) is 51.6 Å². The average molecular weight is 262 g/mol. The molecule has 0 saturated heterocycles. The summed E-state index contributed by atoms with van der Waals surface area (Å²) in [5.41, 5.74) is 1.38. The highest BCUT2D eigenvalue weighted by Gasteiger charge is 2.27. The van der Waals surface area contributed by atoms with E-state index in [9.17, 15) is 0 Å². The zero-order valence-electron chi connectivity index (χ0n) is 13.2. The molecular formula is C17H30N2. The van der Waals surface area contributed by atoms with E-state index < -0.39 is 0 Å². The third kappa shape index (κ3) is 4.05. The SMILES string of the molecule is CCC(CC)N(C)C(CC)C(NC)c1ccccc1. The lowest BCUT2D eigenvalue weighted by Gasteiger charge is -2.38. The Morgan fingerprint density at radius 1 is 1.00 bits per heavy atom. The number of hydrogen-bond donors (Lipinski definition) is 1. The highest BCUT2D eigenvalue weighted by Crippen LogP contribution is 2.25. The zero-order chi connectivity index (χ0) is 14.3. The van der Waals surface area contributed by atoms with E-state index in [1.165, 1.54) is 18.4 Å². The van der Waals surface area contributed by atoms with Gasteiger partial charge in [0.05, 0.1) is 0 Å². The molecule has 0 amide bonds. The Morgan fingerprint density at radius 2 is 1.58 bits per heavy atom. The van der Waals surface area contributed by atoms with E-state index in [-0.39, 0.29) is 0 Å². The lowest BCUT2D eigenvalue weighted by Crippen LogP contribution is -2.46. The maximum absolute atomic E-state index is 3.51. The summed E-state index contributed by atoms with van der Waals surface area (Å²) >= 11 is 0. The molecular weight excluding hydrogens is 232 g/mol. The summed E-state index contributed by atoms with van der Waals surface area (Å²) in [6, 6.07) is 12.4. The van der Waals surface area contributed by atoms with Crippen LogP contribution in [0.25, 0.3) is 0 Å². The number of rotatable bonds is 8. The van der Waals surface area contributed by atoms with Gasteiger partial charge in [0.25, 0.3) is 0 Å². The smallest absolute Gasteiger partial charge is 0.0475 e. The maximum Gasteiger partial charge on any atom is 0.0475 e. The Hall–Kier alpha value is -0.860. The van der Waals surface area contributed by atoms with Gasteiger partial charge < -0.3 is 5.32 Å². The first-order valence-corrected chi connectivity index (χ1v) is 7.63. The minimum absolute atomic E-state index is 0.400. The van der Waals surface area contributed by atoms with Crippen LogP contribution < -0.4 is 5.32 Å². The molecule has 1 aromatic rings. The van der Waals surface area contributed by atoms with Crippen molar-refractivity contribution in [3.05, 3.63) is 35.9 Å². The first kappa shape index (κ1) is 16.2. The van der Waals surface area contributed by atoms with Crippen molar-refractivity contribution < 1.29 is 0 Å². The van der Waals surface area contributed by atoms with E-state index in [0.717, 1.165) is 6.42 Å². The number of hydrogen-bond acceptors (Lipinski definition) is 2. The van der Waals surface area contributed by atoms with Gasteiger partial charge in [-0.15, -0.1) is 0 Å². The lowest BCUT2D eigenvalue weighted by molar-refractivity contribution is 0.128. The van der Waals surface area contributed by atoms with Crippen molar-refractivity contribution in [3.8, 4) is 0 Å². The van der Waals surface area contributed by atoms with Gasteiger partial charge >= 0.3 is 0 Å². The number of benzene rings is 1. The van der Waals surface area contributed by atoms with Gasteiger partial charge in [0.1, 0.15) is 0 Å². The monoisotopic (exact) mass is 262 g/mol. The summed E-state index contributed by atoms with van der Waals surface area (Å²) in [5.74, 6) is 0. The van der Waals surface area contributed by atoms with E-state index in [4.69, 9.17) is 0 Å². The predicted molar refractivity (Wildman–Crippen MR) is 84.5 cm³/mol. The third-order valence-corrected chi connectivity index (χ3v) is 4.31. The largest absolute Gasteiger partial charge is 0.312 e. The van der Waals surface area contributed by atoms with Gasteiger partial charge in [-0.1, -0.05) is 51.1 Å². The molecule has 0 heterocycles. The van der Waals surface area contributed by atoms with Crippen LogP contribution in [0.2, 0.25) is 0 Å². The van der Waals surface area contributed by atoms with Crippen LogP contribution in [0.3, 0.4) is 0 Å². The number of likely N-dealkylation sites (N-methyl/N-ethyl adjacent to an activating group) is 2. The van der Waals surface area contributed by atoms with Crippen molar-refractivity contribution in [2.24, 2.45) is 0 Å². The minimum atomic E-state index is 0.400. The van der Waals surface area contributed by atoms with E-state index in [2.05, 4.69) is 75.4 Å². The molecule has 1 rings (SSSR count). The van der Waals surface area contributed by atoms with Crippen LogP contribution >= 0.6 is 0 Å². The van der Waals surface area contributed by atoms with Crippen molar-refractivity contribution in [3.63, 3.8) is 0 Å². The van der Waals surface area contributed by atoms with Crippen molar-refractivity contribution in [1.82, 2.24) is 10.2 Å². The summed E-state index contributed by atoms with van der Waals surface area (Å²) in [7, 11) is 4.35. The Morgan fingerprint density at radius 3 is 2.00 bits per heavy atom. The molecule has 0 saturated carbocycles. The quantitative estimate of drug-likeness (QED) is 0.765. The van der Waals surface area contributed by atoms with Crippen LogP contribution in [-0.2, 0) is 0 Å². The van der Waals surface area contributed by atoms with Crippen LogP contribution in [-0.4, -0.2) is 31.1 Å². The summed E-state index contributed by atoms with van der Waals surface area (Å²) < 4.78 is 0. The molecule has 19 heavy (non-hydrogen) atoms. The molecule has 0 spiro atoms. The molecule has 0 radical (unpaired) electrons. The Kier molecular flexibility index (Phi) is 7.11. The summed E-state index contributed by atoms with van der Waals surface area (Å²) in [6.45, 7) is 6.86. The summed E-state index contributed by atoms with van der Waals surface area (Å²) in [6.07, 6.45) is 3.59. The highest BCUT2D eigenvalue weighted by atomic mass is 15.2. The van der Waals surface area contributed by atoms with Gasteiger partial charge in [-0.3, -0.25) is 4.90 Å². The van der Waals surface area contributed by atoms with Crippen LogP contribution in [0.4, 0.5) is 0 Å². The molecule has 0 aliphatic rings. The number of nitrogens with zero attached hydrogens (tertiary/aromatic N) is 1. The van der Waals surface area contributed by atoms with Gasteiger partial charge in [-0.2, -0.15) is 0 Å². The molecule has 2 atom stereocenters. The fraction of sp³-hybridized carbons (Fsp3) is 0.647. The molecule has 0 aromatic heterocycles. The average Bonchev–Trinajstić information content (AvgIpc) is 2.46.